The number of imidazole rings is 1. The molecule has 0 saturated heterocycles. The van der Waals surface area contributed by atoms with Crippen LogP contribution >= 0.6 is 0 Å². The zero-order valence-corrected chi connectivity index (χ0v) is 14.9. The number of fused-ring (bicyclic) bond motifs is 1. The van der Waals surface area contributed by atoms with Crippen LogP contribution in [0.25, 0.3) is 0 Å². The quantitative estimate of drug-likeness (QED) is 0.797. The maximum absolute atomic E-state index is 12.9. The van der Waals surface area contributed by atoms with Gasteiger partial charge in [0.15, 0.2) is 9.84 Å². The predicted octanol–water partition coefficient (Wildman–Crippen LogP) is 2.60. The summed E-state index contributed by atoms with van der Waals surface area (Å²) in [5.74, 6) is -0.514. The standard InChI is InChI=1S/C17H20N2O4S/c1-11(2)23-16(20)13-9-18-10-19(13)15-12-7-5-6-8-14(12)24(21,22)17(15,3)4/h5-11,15H,1-4H3. The highest BCUT2D eigenvalue weighted by Gasteiger charge is 2.53. The average Bonchev–Trinajstić information content (AvgIpc) is 3.00. The molecule has 0 radical (unpaired) electrons. The smallest absolute Gasteiger partial charge is 0.356 e. The number of esters is 1. The second-order valence-electron chi connectivity index (χ2n) is 6.69. The zero-order chi connectivity index (χ0) is 17.7. The van der Waals surface area contributed by atoms with Crippen LogP contribution in [0.1, 0.15) is 49.8 Å². The van der Waals surface area contributed by atoms with Gasteiger partial charge in [0, 0.05) is 0 Å². The maximum atomic E-state index is 12.9. The minimum atomic E-state index is -3.53. The van der Waals surface area contributed by atoms with Crippen LogP contribution in [0.15, 0.2) is 41.7 Å². The van der Waals surface area contributed by atoms with Crippen LogP contribution in [0.2, 0.25) is 0 Å². The van der Waals surface area contributed by atoms with Gasteiger partial charge in [-0.05, 0) is 39.3 Å². The van der Waals surface area contributed by atoms with Gasteiger partial charge in [-0.3, -0.25) is 0 Å². The molecule has 0 aliphatic carbocycles. The number of hydrogen-bond acceptors (Lipinski definition) is 5. The summed E-state index contributed by atoms with van der Waals surface area (Å²) in [5.41, 5.74) is 0.910. The summed E-state index contributed by atoms with van der Waals surface area (Å²) in [7, 11) is -3.53. The SMILES string of the molecule is CC(C)OC(=O)c1cncn1C1c2ccccc2S(=O)(=O)C1(C)C. The number of sulfone groups is 1. The second kappa shape index (κ2) is 5.44. The number of carbonyl (C=O) groups is 1. The zero-order valence-electron chi connectivity index (χ0n) is 14.1. The van der Waals surface area contributed by atoms with Crippen molar-refractivity contribution in [3.8, 4) is 0 Å². The fraction of sp³-hybridized carbons (Fsp3) is 0.412. The first kappa shape index (κ1) is 16.7. The van der Waals surface area contributed by atoms with Crippen molar-refractivity contribution in [2.24, 2.45) is 0 Å². The summed E-state index contributed by atoms with van der Waals surface area (Å²) in [6.07, 6.45) is 2.63. The van der Waals surface area contributed by atoms with Crippen LogP contribution in [0.4, 0.5) is 0 Å². The van der Waals surface area contributed by atoms with E-state index in [0.29, 0.717) is 10.5 Å². The molecule has 1 unspecified atom stereocenters. The van der Waals surface area contributed by atoms with Gasteiger partial charge in [0.1, 0.15) is 5.69 Å². The van der Waals surface area contributed by atoms with Gasteiger partial charge in [0.25, 0.3) is 0 Å². The predicted molar refractivity (Wildman–Crippen MR) is 88.6 cm³/mol. The molecule has 24 heavy (non-hydrogen) atoms. The van der Waals surface area contributed by atoms with E-state index in [1.54, 1.807) is 56.5 Å². The van der Waals surface area contributed by atoms with E-state index in [4.69, 9.17) is 4.74 Å². The van der Waals surface area contributed by atoms with Gasteiger partial charge in [0.05, 0.1) is 34.3 Å². The molecule has 1 atom stereocenters. The van der Waals surface area contributed by atoms with E-state index in [2.05, 4.69) is 4.98 Å². The first-order valence-corrected chi connectivity index (χ1v) is 9.22. The minimum absolute atomic E-state index is 0.244. The molecule has 7 heteroatoms. The Hall–Kier alpha value is -2.15. The molecule has 0 spiro atoms. The number of benzene rings is 1. The maximum Gasteiger partial charge on any atom is 0.356 e. The number of hydrogen-bond donors (Lipinski definition) is 0. The van der Waals surface area contributed by atoms with Gasteiger partial charge in [0.2, 0.25) is 0 Å². The van der Waals surface area contributed by atoms with Crippen molar-refractivity contribution in [3.05, 3.63) is 48.0 Å². The van der Waals surface area contributed by atoms with Crippen LogP contribution in [0.5, 0.6) is 0 Å². The number of rotatable bonds is 3. The first-order chi connectivity index (χ1) is 11.2. The van der Waals surface area contributed by atoms with Crippen molar-refractivity contribution in [3.63, 3.8) is 0 Å². The molecule has 1 aromatic heterocycles. The van der Waals surface area contributed by atoms with Crippen LogP contribution in [0, 0.1) is 0 Å². The highest BCUT2D eigenvalue weighted by atomic mass is 32.2. The molecule has 0 fully saturated rings. The Morgan fingerprint density at radius 3 is 2.62 bits per heavy atom. The molecule has 1 aromatic carbocycles. The van der Waals surface area contributed by atoms with Crippen LogP contribution in [-0.2, 0) is 14.6 Å². The van der Waals surface area contributed by atoms with E-state index in [1.807, 2.05) is 0 Å². The lowest BCUT2D eigenvalue weighted by atomic mass is 9.95. The molecular weight excluding hydrogens is 328 g/mol. The van der Waals surface area contributed by atoms with E-state index in [1.165, 1.54) is 12.5 Å². The molecule has 0 amide bonds. The summed E-state index contributed by atoms with van der Waals surface area (Å²) in [6, 6.07) is 6.35. The summed E-state index contributed by atoms with van der Waals surface area (Å²) < 4.78 is 31.6. The molecular formula is C17H20N2O4S. The van der Waals surface area contributed by atoms with Gasteiger partial charge in [-0.25, -0.2) is 18.2 Å². The first-order valence-electron chi connectivity index (χ1n) is 7.74. The second-order valence-corrected chi connectivity index (χ2v) is 9.19. The Morgan fingerprint density at radius 1 is 1.29 bits per heavy atom. The molecule has 0 bridgehead atoms. The normalized spacial score (nSPS) is 20.8. The van der Waals surface area contributed by atoms with Gasteiger partial charge in [-0.2, -0.15) is 0 Å². The Balaban J connectivity index is 2.18. The number of nitrogens with zero attached hydrogens (tertiary/aromatic N) is 2. The lowest BCUT2D eigenvalue weighted by Gasteiger charge is -2.28. The van der Waals surface area contributed by atoms with E-state index < -0.39 is 26.6 Å². The van der Waals surface area contributed by atoms with Gasteiger partial charge >= 0.3 is 5.97 Å². The molecule has 1 aliphatic rings. The van der Waals surface area contributed by atoms with Gasteiger partial charge in [-0.1, -0.05) is 18.2 Å². The van der Waals surface area contributed by atoms with Crippen molar-refractivity contribution in [2.75, 3.05) is 0 Å². The Bertz CT molecular complexity index is 897. The molecule has 6 nitrogen and oxygen atoms in total. The molecule has 128 valence electrons. The summed E-state index contributed by atoms with van der Waals surface area (Å²) in [5, 5.41) is 0. The monoisotopic (exact) mass is 348 g/mol. The number of aromatic nitrogens is 2. The fourth-order valence-corrected chi connectivity index (χ4v) is 5.03. The highest BCUT2D eigenvalue weighted by Crippen LogP contribution is 2.48. The number of ether oxygens (including phenoxy) is 1. The third kappa shape index (κ3) is 2.26. The molecule has 1 aliphatic heterocycles. The van der Waals surface area contributed by atoms with Crippen LogP contribution in [0.3, 0.4) is 0 Å². The fourth-order valence-electron chi connectivity index (χ4n) is 3.18. The molecule has 2 heterocycles. The highest BCUT2D eigenvalue weighted by molar-refractivity contribution is 7.93. The molecule has 3 rings (SSSR count). The Morgan fingerprint density at radius 2 is 1.96 bits per heavy atom. The minimum Gasteiger partial charge on any atom is -0.458 e. The molecule has 0 saturated carbocycles. The number of carbonyl (C=O) groups excluding carboxylic acids is 1. The van der Waals surface area contributed by atoms with E-state index in [9.17, 15) is 13.2 Å². The lowest BCUT2D eigenvalue weighted by molar-refractivity contribution is 0.0363. The molecule has 2 aromatic rings. The Kier molecular flexibility index (Phi) is 3.79. The van der Waals surface area contributed by atoms with Crippen molar-refractivity contribution >= 4 is 15.8 Å². The topological polar surface area (TPSA) is 78.3 Å². The molecule has 0 N–H and O–H groups in total. The van der Waals surface area contributed by atoms with Crippen LogP contribution < -0.4 is 0 Å². The summed E-state index contributed by atoms with van der Waals surface area (Å²) in [4.78, 5) is 16.7. The van der Waals surface area contributed by atoms with Crippen molar-refractivity contribution < 1.29 is 17.9 Å². The van der Waals surface area contributed by atoms with E-state index in [0.717, 1.165) is 0 Å². The van der Waals surface area contributed by atoms with E-state index >= 15 is 0 Å². The van der Waals surface area contributed by atoms with E-state index in [-0.39, 0.29) is 11.8 Å². The third-order valence-electron chi connectivity index (χ3n) is 4.35. The van der Waals surface area contributed by atoms with Crippen molar-refractivity contribution in [2.45, 2.75) is 49.5 Å². The largest absolute Gasteiger partial charge is 0.458 e. The average molecular weight is 348 g/mol. The summed E-state index contributed by atoms with van der Waals surface area (Å²) in [6.45, 7) is 6.87. The van der Waals surface area contributed by atoms with Crippen molar-refractivity contribution in [1.82, 2.24) is 9.55 Å². The van der Waals surface area contributed by atoms with Crippen LogP contribution in [-0.4, -0.2) is 34.8 Å². The Labute approximate surface area is 141 Å². The van der Waals surface area contributed by atoms with Crippen molar-refractivity contribution in [1.29, 1.82) is 0 Å². The van der Waals surface area contributed by atoms with Gasteiger partial charge < -0.3 is 9.30 Å². The summed E-state index contributed by atoms with van der Waals surface area (Å²) >= 11 is 0. The lowest BCUT2D eigenvalue weighted by Crippen LogP contribution is -2.37. The van der Waals surface area contributed by atoms with Gasteiger partial charge in [-0.15, -0.1) is 0 Å². The third-order valence-corrected chi connectivity index (χ3v) is 6.91.